The monoisotopic (exact) mass is 272 g/mol. The predicted molar refractivity (Wildman–Crippen MR) is 81.9 cm³/mol. The third-order valence-corrected chi connectivity index (χ3v) is 4.08. The quantitative estimate of drug-likeness (QED) is 0.697. The van der Waals surface area contributed by atoms with Crippen molar-refractivity contribution in [3.05, 3.63) is 52.7 Å². The highest BCUT2D eigenvalue weighted by Gasteiger charge is 2.22. The van der Waals surface area contributed by atoms with E-state index in [4.69, 9.17) is 11.6 Å². The van der Waals surface area contributed by atoms with Gasteiger partial charge in [-0.05, 0) is 42.5 Å². The van der Waals surface area contributed by atoms with Crippen LogP contribution in [0.15, 0.2) is 52.1 Å². The summed E-state index contributed by atoms with van der Waals surface area (Å²) in [5.74, 6) is 0.957. The fraction of sp³-hybridized carbons (Fsp3) is 0.312. The number of hydrogen-bond acceptors (Lipinski definition) is 2. The maximum absolute atomic E-state index is 6.31. The summed E-state index contributed by atoms with van der Waals surface area (Å²) in [6.45, 7) is 3.10. The molecule has 0 atom stereocenters. The van der Waals surface area contributed by atoms with Crippen LogP contribution in [0.4, 0.5) is 5.69 Å². The second-order valence-electron chi connectivity index (χ2n) is 4.85. The molecule has 2 heterocycles. The average Bonchev–Trinajstić information content (AvgIpc) is 2.77. The Hall–Kier alpha value is -1.54. The summed E-state index contributed by atoms with van der Waals surface area (Å²) in [5.41, 5.74) is 3.86. The summed E-state index contributed by atoms with van der Waals surface area (Å²) in [7, 11) is 0. The summed E-state index contributed by atoms with van der Waals surface area (Å²) in [4.78, 5) is 6.87. The van der Waals surface area contributed by atoms with Crippen LogP contribution in [0, 0.1) is 0 Å². The highest BCUT2D eigenvalue weighted by Crippen LogP contribution is 2.30. The van der Waals surface area contributed by atoms with Crippen molar-refractivity contribution in [1.29, 1.82) is 0 Å². The first-order valence-electron chi connectivity index (χ1n) is 6.78. The van der Waals surface area contributed by atoms with E-state index in [0.29, 0.717) is 5.16 Å². The summed E-state index contributed by atoms with van der Waals surface area (Å²) >= 11 is 6.31. The van der Waals surface area contributed by atoms with E-state index >= 15 is 0 Å². The first-order valence-corrected chi connectivity index (χ1v) is 7.15. The maximum Gasteiger partial charge on any atom is 0.134 e. The molecule has 2 aliphatic rings. The van der Waals surface area contributed by atoms with E-state index in [0.717, 1.165) is 31.6 Å². The van der Waals surface area contributed by atoms with Crippen LogP contribution in [-0.2, 0) is 6.42 Å². The lowest BCUT2D eigenvalue weighted by Crippen LogP contribution is -2.27. The Balaban J connectivity index is 1.98. The molecule has 0 aliphatic carbocycles. The van der Waals surface area contributed by atoms with Gasteiger partial charge in [0.15, 0.2) is 0 Å². The number of hydrogen-bond donors (Lipinski definition) is 0. The van der Waals surface area contributed by atoms with Crippen molar-refractivity contribution in [3.8, 4) is 0 Å². The van der Waals surface area contributed by atoms with Crippen LogP contribution < -0.4 is 4.90 Å². The molecule has 0 aromatic heterocycles. The second-order valence-corrected chi connectivity index (χ2v) is 5.21. The zero-order valence-electron chi connectivity index (χ0n) is 11.1. The minimum atomic E-state index is 0.659. The molecule has 1 aromatic rings. The second kappa shape index (κ2) is 5.22. The number of aliphatic imine (C=N–C) groups is 1. The molecule has 1 aromatic carbocycles. The summed E-state index contributed by atoms with van der Waals surface area (Å²) in [5, 5.41) is 0.659. The molecule has 0 saturated heterocycles. The topological polar surface area (TPSA) is 15.6 Å². The van der Waals surface area contributed by atoms with Crippen molar-refractivity contribution < 1.29 is 0 Å². The van der Waals surface area contributed by atoms with E-state index in [2.05, 4.69) is 53.2 Å². The molecule has 3 heteroatoms. The van der Waals surface area contributed by atoms with Gasteiger partial charge in [0.05, 0.1) is 0 Å². The van der Waals surface area contributed by atoms with Crippen molar-refractivity contribution in [3.63, 3.8) is 0 Å². The van der Waals surface area contributed by atoms with E-state index in [1.165, 1.54) is 16.8 Å². The summed E-state index contributed by atoms with van der Waals surface area (Å²) < 4.78 is 0. The number of halogens is 1. The van der Waals surface area contributed by atoms with E-state index in [1.54, 1.807) is 0 Å². The van der Waals surface area contributed by atoms with Gasteiger partial charge in [-0.2, -0.15) is 0 Å². The number of allylic oxidation sites excluding steroid dienone is 2. The van der Waals surface area contributed by atoms with Gasteiger partial charge in [0.2, 0.25) is 0 Å². The average molecular weight is 273 g/mol. The van der Waals surface area contributed by atoms with Gasteiger partial charge in [0, 0.05) is 12.2 Å². The van der Waals surface area contributed by atoms with Gasteiger partial charge in [-0.3, -0.25) is 0 Å². The van der Waals surface area contributed by atoms with E-state index in [9.17, 15) is 0 Å². The maximum atomic E-state index is 6.31. The van der Waals surface area contributed by atoms with Crippen LogP contribution >= 0.6 is 11.6 Å². The Labute approximate surface area is 119 Å². The molecule has 98 valence electrons. The lowest BCUT2D eigenvalue weighted by Gasteiger charge is -2.18. The SMILES string of the molecule is CCC1=C(Cl)N=C(N2CCc3ccccc32)C=CC1. The minimum absolute atomic E-state index is 0.659. The Bertz CT molecular complexity index is 584. The molecule has 3 rings (SSSR count). The number of benzene rings is 1. The normalized spacial score (nSPS) is 18.4. The standard InChI is InChI=1S/C16H17ClN2/c1-2-12-7-5-9-15(18-16(12)17)19-11-10-13-6-3-4-8-14(13)19/h3-6,8-9H,2,7,10-11H2,1H3. The number of anilines is 1. The first kappa shape index (κ1) is 12.5. The fourth-order valence-electron chi connectivity index (χ4n) is 2.62. The molecule has 19 heavy (non-hydrogen) atoms. The van der Waals surface area contributed by atoms with Crippen LogP contribution in [0.1, 0.15) is 25.3 Å². The van der Waals surface area contributed by atoms with E-state index < -0.39 is 0 Å². The summed E-state index contributed by atoms with van der Waals surface area (Å²) in [6, 6.07) is 8.51. The smallest absolute Gasteiger partial charge is 0.134 e. The molecule has 0 saturated carbocycles. The van der Waals surface area contributed by atoms with Crippen LogP contribution in [0.3, 0.4) is 0 Å². The molecule has 0 spiro atoms. The van der Waals surface area contributed by atoms with Gasteiger partial charge in [-0.25, -0.2) is 4.99 Å². The molecule has 0 unspecified atom stereocenters. The molecule has 0 bridgehead atoms. The molecule has 0 N–H and O–H groups in total. The van der Waals surface area contributed by atoms with Crippen molar-refractivity contribution >= 4 is 23.1 Å². The van der Waals surface area contributed by atoms with Crippen molar-refractivity contribution in [2.24, 2.45) is 4.99 Å². The lowest BCUT2D eigenvalue weighted by atomic mass is 10.1. The number of nitrogens with zero attached hydrogens (tertiary/aromatic N) is 2. The largest absolute Gasteiger partial charge is 0.326 e. The zero-order chi connectivity index (χ0) is 13.2. The molecule has 2 nitrogen and oxygen atoms in total. The van der Waals surface area contributed by atoms with Gasteiger partial charge in [0.25, 0.3) is 0 Å². The highest BCUT2D eigenvalue weighted by molar-refractivity contribution is 6.31. The molecule has 0 radical (unpaired) electrons. The number of amidine groups is 1. The Morgan fingerprint density at radius 2 is 2.16 bits per heavy atom. The third kappa shape index (κ3) is 2.33. The number of para-hydroxylation sites is 1. The van der Waals surface area contributed by atoms with E-state index in [1.807, 2.05) is 0 Å². The summed E-state index contributed by atoms with van der Waals surface area (Å²) in [6.07, 6.45) is 7.18. The zero-order valence-corrected chi connectivity index (χ0v) is 11.8. The number of fused-ring (bicyclic) bond motifs is 1. The van der Waals surface area contributed by atoms with Crippen molar-refractivity contribution in [2.75, 3.05) is 11.4 Å². The molecular weight excluding hydrogens is 256 g/mol. The molecule has 0 fully saturated rings. The van der Waals surface area contributed by atoms with Crippen molar-refractivity contribution in [2.45, 2.75) is 26.2 Å². The van der Waals surface area contributed by atoms with Crippen molar-refractivity contribution in [1.82, 2.24) is 0 Å². The van der Waals surface area contributed by atoms with Gasteiger partial charge in [-0.15, -0.1) is 0 Å². The molecular formula is C16H17ClN2. The first-order chi connectivity index (χ1) is 9.29. The molecule has 2 aliphatic heterocycles. The van der Waals surface area contributed by atoms with E-state index in [-0.39, 0.29) is 0 Å². The Morgan fingerprint density at radius 1 is 1.32 bits per heavy atom. The van der Waals surface area contributed by atoms with Gasteiger partial charge >= 0.3 is 0 Å². The predicted octanol–water partition coefficient (Wildman–Crippen LogP) is 4.27. The van der Waals surface area contributed by atoms with Gasteiger partial charge in [-0.1, -0.05) is 42.8 Å². The fourth-order valence-corrected chi connectivity index (χ4v) is 2.92. The van der Waals surface area contributed by atoms with Gasteiger partial charge in [0.1, 0.15) is 11.0 Å². The highest BCUT2D eigenvalue weighted by atomic mass is 35.5. The Morgan fingerprint density at radius 3 is 3.00 bits per heavy atom. The van der Waals surface area contributed by atoms with Crippen LogP contribution in [0.2, 0.25) is 0 Å². The van der Waals surface area contributed by atoms with Crippen LogP contribution in [0.5, 0.6) is 0 Å². The van der Waals surface area contributed by atoms with Crippen LogP contribution in [-0.4, -0.2) is 12.4 Å². The minimum Gasteiger partial charge on any atom is -0.326 e. The molecule has 0 amide bonds. The third-order valence-electron chi connectivity index (χ3n) is 3.73. The number of rotatable bonds is 1. The Kier molecular flexibility index (Phi) is 3.43. The lowest BCUT2D eigenvalue weighted by molar-refractivity contribution is 1.01. The van der Waals surface area contributed by atoms with Crippen LogP contribution in [0.25, 0.3) is 0 Å². The van der Waals surface area contributed by atoms with Gasteiger partial charge < -0.3 is 4.90 Å².